The summed E-state index contributed by atoms with van der Waals surface area (Å²) in [5.41, 5.74) is -0.159. The highest BCUT2D eigenvalue weighted by Gasteiger charge is 2.55. The van der Waals surface area contributed by atoms with Crippen molar-refractivity contribution in [3.05, 3.63) is 52.2 Å². The predicted molar refractivity (Wildman–Crippen MR) is 99.6 cm³/mol. The molecule has 1 atom stereocenters. The number of urea groups is 1. The average Bonchev–Trinajstić information content (AvgIpc) is 3.28. The molecule has 2 saturated heterocycles. The first-order valence-electron chi connectivity index (χ1n) is 9.06. The van der Waals surface area contributed by atoms with Crippen LogP contribution in [0, 0.1) is 11.7 Å². The van der Waals surface area contributed by atoms with Crippen LogP contribution in [-0.2, 0) is 17.8 Å². The third-order valence-electron chi connectivity index (χ3n) is 5.41. The third kappa shape index (κ3) is 3.46. The fraction of sp³-hybridized carbons (Fsp3) is 0.421. The normalized spacial score (nSPS) is 23.7. The Morgan fingerprint density at radius 1 is 1.22 bits per heavy atom. The van der Waals surface area contributed by atoms with Crippen LogP contribution < -0.4 is 10.6 Å². The lowest BCUT2D eigenvalue weighted by atomic mass is 9.74. The van der Waals surface area contributed by atoms with Crippen molar-refractivity contribution in [2.75, 3.05) is 13.1 Å². The minimum absolute atomic E-state index is 0.0292. The minimum atomic E-state index is -0.992. The Labute approximate surface area is 160 Å². The third-order valence-corrected chi connectivity index (χ3v) is 6.18. The molecule has 2 N–H and O–H groups in total. The molecule has 0 spiro atoms. The van der Waals surface area contributed by atoms with Crippen molar-refractivity contribution >= 4 is 23.3 Å². The highest BCUT2D eigenvalue weighted by Crippen LogP contribution is 2.36. The zero-order chi connectivity index (χ0) is 18.9. The number of hydrogen-bond acceptors (Lipinski definition) is 5. The number of carbonyl (C=O) groups is 2. The predicted octanol–water partition coefficient (Wildman–Crippen LogP) is 2.32. The second-order valence-corrected chi connectivity index (χ2v) is 8.03. The van der Waals surface area contributed by atoms with Crippen LogP contribution in [0.1, 0.15) is 23.4 Å². The van der Waals surface area contributed by atoms with Crippen LogP contribution >= 0.6 is 11.3 Å². The molecule has 1 unspecified atom stereocenters. The fourth-order valence-electron chi connectivity index (χ4n) is 4.03. The Morgan fingerprint density at radius 2 is 1.96 bits per heavy atom. The molecule has 4 rings (SSSR count). The Bertz CT molecular complexity index is 821. The molecule has 2 aliphatic rings. The van der Waals surface area contributed by atoms with Crippen LogP contribution in [0.5, 0.6) is 0 Å². The molecule has 27 heavy (non-hydrogen) atoms. The minimum Gasteiger partial charge on any atom is -0.322 e. The van der Waals surface area contributed by atoms with Gasteiger partial charge in [0.05, 0.1) is 6.54 Å². The van der Waals surface area contributed by atoms with Crippen molar-refractivity contribution in [3.63, 3.8) is 0 Å². The molecule has 0 aliphatic carbocycles. The van der Waals surface area contributed by atoms with Crippen LogP contribution in [0.3, 0.4) is 0 Å². The summed E-state index contributed by atoms with van der Waals surface area (Å²) >= 11 is 1.42. The van der Waals surface area contributed by atoms with E-state index in [2.05, 4.69) is 15.6 Å². The van der Waals surface area contributed by atoms with E-state index in [0.29, 0.717) is 6.42 Å². The maximum atomic E-state index is 13.5. The molecule has 3 heterocycles. The van der Waals surface area contributed by atoms with Crippen molar-refractivity contribution in [1.82, 2.24) is 20.5 Å². The van der Waals surface area contributed by atoms with E-state index >= 15 is 0 Å². The number of imide groups is 1. The van der Waals surface area contributed by atoms with E-state index < -0.39 is 5.54 Å². The van der Waals surface area contributed by atoms with E-state index in [-0.39, 0.29) is 30.2 Å². The largest absolute Gasteiger partial charge is 0.325 e. The van der Waals surface area contributed by atoms with Gasteiger partial charge in [-0.1, -0.05) is 12.1 Å². The van der Waals surface area contributed by atoms with Crippen molar-refractivity contribution in [2.24, 2.45) is 5.92 Å². The lowest BCUT2D eigenvalue weighted by Gasteiger charge is -2.38. The Balaban J connectivity index is 1.66. The lowest BCUT2D eigenvalue weighted by Crippen LogP contribution is -2.57. The molecule has 2 aromatic rings. The zero-order valence-corrected chi connectivity index (χ0v) is 15.6. The summed E-state index contributed by atoms with van der Waals surface area (Å²) < 4.78 is 13.3. The fourth-order valence-corrected chi connectivity index (χ4v) is 4.64. The number of piperidine rings is 1. The van der Waals surface area contributed by atoms with Crippen molar-refractivity contribution in [3.8, 4) is 0 Å². The number of halogens is 1. The first-order chi connectivity index (χ1) is 13.1. The molecule has 1 aromatic carbocycles. The first-order valence-corrected chi connectivity index (χ1v) is 9.94. The topological polar surface area (TPSA) is 74.3 Å². The van der Waals surface area contributed by atoms with Gasteiger partial charge in [-0.25, -0.2) is 14.2 Å². The number of hydrogen-bond donors (Lipinski definition) is 2. The highest BCUT2D eigenvalue weighted by molar-refractivity contribution is 7.09. The zero-order valence-electron chi connectivity index (χ0n) is 14.8. The van der Waals surface area contributed by atoms with Crippen LogP contribution in [0.2, 0.25) is 0 Å². The quantitative estimate of drug-likeness (QED) is 0.771. The van der Waals surface area contributed by atoms with Gasteiger partial charge in [0, 0.05) is 18.0 Å². The van der Waals surface area contributed by atoms with Gasteiger partial charge in [0.25, 0.3) is 5.91 Å². The molecule has 0 radical (unpaired) electrons. The van der Waals surface area contributed by atoms with Crippen molar-refractivity contribution in [1.29, 1.82) is 0 Å². The van der Waals surface area contributed by atoms with Gasteiger partial charge in [-0.15, -0.1) is 11.3 Å². The maximum absolute atomic E-state index is 13.5. The number of benzene rings is 1. The van der Waals surface area contributed by atoms with Gasteiger partial charge in [0.15, 0.2) is 0 Å². The van der Waals surface area contributed by atoms with Gasteiger partial charge in [-0.3, -0.25) is 9.69 Å². The van der Waals surface area contributed by atoms with E-state index in [9.17, 15) is 14.0 Å². The van der Waals surface area contributed by atoms with Crippen LogP contribution in [0.15, 0.2) is 35.8 Å². The molecule has 2 fully saturated rings. The molecule has 1 aromatic heterocycles. The van der Waals surface area contributed by atoms with Gasteiger partial charge in [-0.05, 0) is 49.5 Å². The van der Waals surface area contributed by atoms with E-state index in [1.807, 2.05) is 5.38 Å². The van der Waals surface area contributed by atoms with Crippen LogP contribution in [0.4, 0.5) is 9.18 Å². The molecule has 142 valence electrons. The number of carbonyl (C=O) groups excluding carboxylic acids is 2. The highest BCUT2D eigenvalue weighted by atomic mass is 32.1. The summed E-state index contributed by atoms with van der Waals surface area (Å²) in [6, 6.07) is 5.76. The summed E-state index contributed by atoms with van der Waals surface area (Å²) in [7, 11) is 0. The second kappa shape index (κ2) is 7.36. The lowest BCUT2D eigenvalue weighted by molar-refractivity contribution is -0.134. The monoisotopic (exact) mass is 388 g/mol. The molecule has 6 nitrogen and oxygen atoms in total. The number of amides is 3. The van der Waals surface area contributed by atoms with Gasteiger partial charge in [0.1, 0.15) is 16.4 Å². The molecule has 8 heteroatoms. The summed E-state index contributed by atoms with van der Waals surface area (Å²) in [6.45, 7) is 1.80. The number of aromatic nitrogens is 1. The van der Waals surface area contributed by atoms with Gasteiger partial charge in [0.2, 0.25) is 0 Å². The van der Waals surface area contributed by atoms with E-state index in [1.54, 1.807) is 18.3 Å². The van der Waals surface area contributed by atoms with Gasteiger partial charge >= 0.3 is 6.03 Å². The summed E-state index contributed by atoms with van der Waals surface area (Å²) in [5, 5.41) is 8.86. The standard InChI is InChI=1S/C19H21FN4O2S/c20-15-3-1-13(2-4-15)11-19(14-5-7-21-8-6-14)17(25)24(18(26)23-19)12-16-22-9-10-27-16/h1-4,9-10,14,21H,5-8,11-12H2,(H,23,26). The number of thiazole rings is 1. The molecular formula is C19H21FN4O2S. The van der Waals surface area contributed by atoms with E-state index in [4.69, 9.17) is 0 Å². The van der Waals surface area contributed by atoms with Crippen molar-refractivity contribution < 1.29 is 14.0 Å². The molecular weight excluding hydrogens is 367 g/mol. The number of nitrogens with zero attached hydrogens (tertiary/aromatic N) is 2. The van der Waals surface area contributed by atoms with Crippen LogP contribution in [0.25, 0.3) is 0 Å². The molecule has 0 bridgehead atoms. The van der Waals surface area contributed by atoms with Crippen molar-refractivity contribution in [2.45, 2.75) is 31.3 Å². The molecule has 3 amide bonds. The summed E-state index contributed by atoms with van der Waals surface area (Å²) in [5.74, 6) is -0.498. The smallest absolute Gasteiger partial charge is 0.322 e. The number of nitrogens with one attached hydrogen (secondary N) is 2. The summed E-state index contributed by atoms with van der Waals surface area (Å²) in [6.07, 6.45) is 3.63. The first kappa shape index (κ1) is 18.1. The Morgan fingerprint density at radius 3 is 2.63 bits per heavy atom. The maximum Gasteiger partial charge on any atom is 0.325 e. The molecule has 0 saturated carbocycles. The number of rotatable bonds is 5. The van der Waals surface area contributed by atoms with Crippen LogP contribution in [-0.4, -0.2) is 40.5 Å². The second-order valence-electron chi connectivity index (χ2n) is 7.05. The van der Waals surface area contributed by atoms with Gasteiger partial charge in [-0.2, -0.15) is 0 Å². The summed E-state index contributed by atoms with van der Waals surface area (Å²) in [4.78, 5) is 31.6. The van der Waals surface area contributed by atoms with Gasteiger partial charge < -0.3 is 10.6 Å². The van der Waals surface area contributed by atoms with E-state index in [1.165, 1.54) is 28.4 Å². The Hall–Kier alpha value is -2.32. The van der Waals surface area contributed by atoms with E-state index in [0.717, 1.165) is 36.5 Å². The SMILES string of the molecule is O=C1NC(Cc2ccc(F)cc2)(C2CCNCC2)C(=O)N1Cc1nccs1. The molecule has 2 aliphatic heterocycles. The average molecular weight is 388 g/mol. The Kier molecular flexibility index (Phi) is 4.92.